The second kappa shape index (κ2) is 6.70. The third kappa shape index (κ3) is 2.98. The molecule has 1 amide bonds. The Labute approximate surface area is 151 Å². The Morgan fingerprint density at radius 1 is 1.40 bits per heavy atom. The predicted molar refractivity (Wildman–Crippen MR) is 93.8 cm³/mol. The summed E-state index contributed by atoms with van der Waals surface area (Å²) in [6.07, 6.45) is 3.48. The molecule has 0 radical (unpaired) electrons. The molecule has 1 aromatic rings. The fraction of sp³-hybridized carbons (Fsp3) is 0.667. The molecule has 6 nitrogen and oxygen atoms in total. The summed E-state index contributed by atoms with van der Waals surface area (Å²) in [6.45, 7) is 3.71. The Bertz CT molecular complexity index is 681. The Morgan fingerprint density at radius 2 is 2.20 bits per heavy atom. The molecule has 4 rings (SSSR count). The zero-order valence-corrected chi connectivity index (χ0v) is 15.3. The van der Waals surface area contributed by atoms with Gasteiger partial charge in [0.05, 0.1) is 30.1 Å². The Morgan fingerprint density at radius 3 is 2.96 bits per heavy atom. The molecule has 1 aromatic heterocycles. The lowest BCUT2D eigenvalue weighted by Crippen LogP contribution is -2.44. The topological polar surface area (TPSA) is 67.9 Å². The molecular formula is C18H24N2O4S. The van der Waals surface area contributed by atoms with Gasteiger partial charge in [-0.2, -0.15) is 0 Å². The number of esters is 1. The number of thiophene rings is 1. The van der Waals surface area contributed by atoms with Crippen LogP contribution in [-0.4, -0.2) is 56.7 Å². The fourth-order valence-corrected chi connectivity index (χ4v) is 5.43. The van der Waals surface area contributed by atoms with Crippen LogP contribution in [0.15, 0.2) is 6.07 Å². The van der Waals surface area contributed by atoms with Crippen LogP contribution in [0.3, 0.4) is 0 Å². The lowest BCUT2D eigenvalue weighted by molar-refractivity contribution is -0.144. The van der Waals surface area contributed by atoms with E-state index in [1.54, 1.807) is 16.2 Å². The lowest BCUT2D eigenvalue weighted by Gasteiger charge is -2.40. The van der Waals surface area contributed by atoms with Crippen molar-refractivity contribution in [2.75, 3.05) is 39.9 Å². The molecule has 0 bridgehead atoms. The molecule has 1 atom stereocenters. The number of hydrogen-bond acceptors (Lipinski definition) is 6. The van der Waals surface area contributed by atoms with Crippen LogP contribution in [0, 0.1) is 5.92 Å². The highest BCUT2D eigenvalue weighted by Crippen LogP contribution is 2.43. The van der Waals surface area contributed by atoms with E-state index in [2.05, 4.69) is 11.4 Å². The number of fused-ring (bicyclic) bond motifs is 2. The molecule has 2 saturated heterocycles. The molecule has 3 aliphatic heterocycles. The number of nitrogens with zero attached hydrogens (tertiary/aromatic N) is 1. The smallest absolute Gasteiger partial charge is 0.310 e. The van der Waals surface area contributed by atoms with E-state index < -0.39 is 0 Å². The van der Waals surface area contributed by atoms with Crippen LogP contribution in [0.25, 0.3) is 0 Å². The molecule has 4 heterocycles. The minimum absolute atomic E-state index is 0.0369. The van der Waals surface area contributed by atoms with Crippen molar-refractivity contribution in [3.63, 3.8) is 0 Å². The monoisotopic (exact) mass is 364 g/mol. The molecule has 136 valence electrons. The number of amides is 1. The van der Waals surface area contributed by atoms with Gasteiger partial charge in [0, 0.05) is 24.4 Å². The molecule has 0 aliphatic carbocycles. The molecule has 1 spiro atoms. The maximum Gasteiger partial charge on any atom is 0.310 e. The maximum atomic E-state index is 12.9. The maximum absolute atomic E-state index is 12.9. The lowest BCUT2D eigenvalue weighted by atomic mass is 9.83. The molecule has 1 N–H and O–H groups in total. The van der Waals surface area contributed by atoms with Crippen molar-refractivity contribution < 1.29 is 19.1 Å². The second-order valence-corrected chi connectivity index (χ2v) is 8.19. The van der Waals surface area contributed by atoms with Gasteiger partial charge in [0.25, 0.3) is 5.91 Å². The summed E-state index contributed by atoms with van der Waals surface area (Å²) >= 11 is 1.61. The van der Waals surface area contributed by atoms with Crippen molar-refractivity contribution >= 4 is 23.2 Å². The Hall–Kier alpha value is -1.44. The third-order valence-electron chi connectivity index (χ3n) is 5.64. The van der Waals surface area contributed by atoms with E-state index in [-0.39, 0.29) is 23.4 Å². The van der Waals surface area contributed by atoms with E-state index in [0.717, 1.165) is 43.8 Å². The number of rotatable bonds is 2. The minimum Gasteiger partial charge on any atom is -0.469 e. The first-order valence-electron chi connectivity index (χ1n) is 8.98. The van der Waals surface area contributed by atoms with Crippen molar-refractivity contribution in [3.05, 3.63) is 21.4 Å². The summed E-state index contributed by atoms with van der Waals surface area (Å²) < 4.78 is 11.0. The highest BCUT2D eigenvalue weighted by atomic mass is 32.1. The van der Waals surface area contributed by atoms with E-state index in [1.807, 2.05) is 0 Å². The zero-order chi connectivity index (χ0) is 17.4. The first-order chi connectivity index (χ1) is 12.1. The van der Waals surface area contributed by atoms with Crippen LogP contribution in [0.1, 0.15) is 39.4 Å². The highest BCUT2D eigenvalue weighted by Gasteiger charge is 2.41. The van der Waals surface area contributed by atoms with Crippen molar-refractivity contribution in [2.24, 2.45) is 5.92 Å². The van der Waals surface area contributed by atoms with E-state index >= 15 is 0 Å². The third-order valence-corrected chi connectivity index (χ3v) is 6.82. The molecule has 25 heavy (non-hydrogen) atoms. The minimum atomic E-state index is -0.220. The molecule has 0 saturated carbocycles. The van der Waals surface area contributed by atoms with Gasteiger partial charge in [-0.1, -0.05) is 0 Å². The molecule has 0 aromatic carbocycles. The van der Waals surface area contributed by atoms with Gasteiger partial charge in [-0.25, -0.2) is 0 Å². The van der Waals surface area contributed by atoms with Gasteiger partial charge in [0.2, 0.25) is 0 Å². The van der Waals surface area contributed by atoms with E-state index in [4.69, 9.17) is 9.47 Å². The molecule has 2 fully saturated rings. The van der Waals surface area contributed by atoms with Crippen molar-refractivity contribution in [1.29, 1.82) is 0 Å². The van der Waals surface area contributed by atoms with Crippen LogP contribution < -0.4 is 5.32 Å². The van der Waals surface area contributed by atoms with E-state index in [9.17, 15) is 9.59 Å². The first kappa shape index (κ1) is 17.0. The predicted octanol–water partition coefficient (Wildman–Crippen LogP) is 1.53. The summed E-state index contributed by atoms with van der Waals surface area (Å²) in [4.78, 5) is 28.5. The SMILES string of the molecule is COC(=O)C1CCN(C(=O)c2cc3c(s2)CCOC32CCNCC2)C1. The average Bonchev–Trinajstić information content (AvgIpc) is 3.29. The standard InChI is InChI=1S/C18H24N2O4S/c1-23-17(22)12-2-8-20(11-12)16(21)15-10-13-14(25-15)3-9-24-18(13)4-6-19-7-5-18/h10,12,19H,2-9,11H2,1H3. The fourth-order valence-electron chi connectivity index (χ4n) is 4.23. The molecular weight excluding hydrogens is 340 g/mol. The van der Waals surface area contributed by atoms with Crippen molar-refractivity contribution in [3.8, 4) is 0 Å². The largest absolute Gasteiger partial charge is 0.469 e. The number of piperidine rings is 1. The van der Waals surface area contributed by atoms with Gasteiger partial charge >= 0.3 is 5.97 Å². The summed E-state index contributed by atoms with van der Waals surface area (Å²) in [5.74, 6) is -0.375. The van der Waals surface area contributed by atoms with Crippen molar-refractivity contribution in [1.82, 2.24) is 10.2 Å². The van der Waals surface area contributed by atoms with Crippen molar-refractivity contribution in [2.45, 2.75) is 31.3 Å². The van der Waals surface area contributed by atoms with Gasteiger partial charge in [-0.3, -0.25) is 9.59 Å². The van der Waals surface area contributed by atoms with Crippen LogP contribution in [0.5, 0.6) is 0 Å². The number of carbonyl (C=O) groups excluding carboxylic acids is 2. The number of ether oxygens (including phenoxy) is 2. The number of hydrogen-bond donors (Lipinski definition) is 1. The van der Waals surface area contributed by atoms with Gasteiger partial charge < -0.3 is 19.7 Å². The van der Waals surface area contributed by atoms with Gasteiger partial charge in [-0.05, 0) is 44.0 Å². The number of methoxy groups -OCH3 is 1. The second-order valence-electron chi connectivity index (χ2n) is 7.05. The normalized spacial score (nSPS) is 25.0. The van der Waals surface area contributed by atoms with Crippen LogP contribution in [0.4, 0.5) is 0 Å². The molecule has 7 heteroatoms. The zero-order valence-electron chi connectivity index (χ0n) is 14.5. The summed E-state index contributed by atoms with van der Waals surface area (Å²) in [7, 11) is 1.40. The van der Waals surface area contributed by atoms with Gasteiger partial charge in [0.1, 0.15) is 0 Å². The number of carbonyl (C=O) groups is 2. The summed E-state index contributed by atoms with van der Waals surface area (Å²) in [5, 5.41) is 3.39. The first-order valence-corrected chi connectivity index (χ1v) is 9.79. The van der Waals surface area contributed by atoms with Crippen LogP contribution in [0.2, 0.25) is 0 Å². The molecule has 3 aliphatic rings. The van der Waals surface area contributed by atoms with Crippen LogP contribution in [-0.2, 0) is 26.3 Å². The number of likely N-dealkylation sites (tertiary alicyclic amines) is 1. The average molecular weight is 364 g/mol. The van der Waals surface area contributed by atoms with Gasteiger partial charge in [0.15, 0.2) is 0 Å². The Kier molecular flexibility index (Phi) is 4.56. The summed E-state index contributed by atoms with van der Waals surface area (Å²) in [5.41, 5.74) is 1.00. The number of nitrogens with one attached hydrogen (secondary N) is 1. The van der Waals surface area contributed by atoms with E-state index in [1.165, 1.54) is 17.6 Å². The quantitative estimate of drug-likeness (QED) is 0.806. The molecule has 1 unspecified atom stereocenters. The van der Waals surface area contributed by atoms with Crippen LogP contribution >= 0.6 is 11.3 Å². The van der Waals surface area contributed by atoms with E-state index in [0.29, 0.717) is 19.5 Å². The summed E-state index contributed by atoms with van der Waals surface area (Å²) in [6, 6.07) is 2.05. The highest BCUT2D eigenvalue weighted by molar-refractivity contribution is 7.14. The Balaban J connectivity index is 1.54. The van der Waals surface area contributed by atoms with Gasteiger partial charge in [-0.15, -0.1) is 11.3 Å².